The molecule has 1 fully saturated rings. The first-order chi connectivity index (χ1) is 23.7. The van der Waals surface area contributed by atoms with Gasteiger partial charge in [-0.2, -0.15) is 0 Å². The summed E-state index contributed by atoms with van der Waals surface area (Å²) < 4.78 is 0. The summed E-state index contributed by atoms with van der Waals surface area (Å²) in [7, 11) is 0. The molecule has 2 N–H and O–H groups in total. The van der Waals surface area contributed by atoms with Crippen molar-refractivity contribution in [3.05, 3.63) is 137 Å². The largest absolute Gasteiger partial charge is 0.368 e. The lowest BCUT2D eigenvalue weighted by molar-refractivity contribution is -0.159. The van der Waals surface area contributed by atoms with E-state index in [1.165, 1.54) is 14.7 Å². The fourth-order valence-corrected chi connectivity index (χ4v) is 6.66. The van der Waals surface area contributed by atoms with Crippen molar-refractivity contribution >= 4 is 46.8 Å². The molecule has 2 unspecified atom stereocenters. The highest BCUT2D eigenvalue weighted by atomic mass is 35.5. The summed E-state index contributed by atoms with van der Waals surface area (Å²) in [5.74, 6) is -1.96. The van der Waals surface area contributed by atoms with Crippen LogP contribution in [0.4, 0.5) is 0 Å². The minimum atomic E-state index is -1.13. The van der Waals surface area contributed by atoms with Gasteiger partial charge >= 0.3 is 0 Å². The van der Waals surface area contributed by atoms with Crippen molar-refractivity contribution in [2.24, 2.45) is 5.73 Å². The highest BCUT2D eigenvalue weighted by Crippen LogP contribution is 2.30. The number of carbonyl (C=O) groups is 4. The highest BCUT2D eigenvalue weighted by Gasteiger charge is 2.43. The van der Waals surface area contributed by atoms with Crippen molar-refractivity contribution in [1.29, 1.82) is 0 Å². The van der Waals surface area contributed by atoms with Gasteiger partial charge in [0.2, 0.25) is 23.6 Å². The molecule has 49 heavy (non-hydrogen) atoms. The third-order valence-electron chi connectivity index (χ3n) is 8.72. The number of benzene rings is 3. The molecule has 11 heteroatoms. The second kappa shape index (κ2) is 17.1. The molecule has 1 aromatic heterocycles. The molecule has 0 radical (unpaired) electrons. The van der Waals surface area contributed by atoms with Crippen LogP contribution in [0.25, 0.3) is 0 Å². The van der Waals surface area contributed by atoms with Gasteiger partial charge < -0.3 is 20.4 Å². The second-order valence-electron chi connectivity index (χ2n) is 12.1. The summed E-state index contributed by atoms with van der Waals surface area (Å²) in [4.78, 5) is 62.6. The zero-order valence-corrected chi connectivity index (χ0v) is 28.5. The molecule has 4 aromatic rings. The van der Waals surface area contributed by atoms with E-state index in [0.29, 0.717) is 17.9 Å². The Labute approximate surface area is 296 Å². The van der Waals surface area contributed by atoms with Crippen molar-refractivity contribution in [2.75, 3.05) is 26.2 Å². The number of amides is 4. The van der Waals surface area contributed by atoms with Crippen molar-refractivity contribution < 1.29 is 19.2 Å². The number of nitrogens with two attached hydrogens (primary N) is 1. The van der Waals surface area contributed by atoms with Crippen LogP contribution in [0.15, 0.2) is 109 Å². The van der Waals surface area contributed by atoms with Gasteiger partial charge in [-0.3, -0.25) is 24.2 Å². The lowest BCUT2D eigenvalue weighted by Gasteiger charge is -2.42. The topological polar surface area (TPSA) is 117 Å². The first-order valence-electron chi connectivity index (χ1n) is 16.2. The van der Waals surface area contributed by atoms with Gasteiger partial charge in [0.1, 0.15) is 18.1 Å². The number of pyridine rings is 1. The SMILES string of the molecule is NC(=O)CN(CCc1ccccn1)C(=O)CC1C(=O)N(C(Cl)Cc2ccc(Cl)cc2)CC(=O)N1CCC(c1ccccc1)c1ccccc1. The molecule has 3 aromatic carbocycles. The fourth-order valence-electron chi connectivity index (χ4n) is 6.19. The van der Waals surface area contributed by atoms with E-state index in [0.717, 1.165) is 22.4 Å². The summed E-state index contributed by atoms with van der Waals surface area (Å²) in [6.45, 7) is -0.171. The molecule has 4 amide bonds. The van der Waals surface area contributed by atoms with Crippen molar-refractivity contribution in [3.63, 3.8) is 0 Å². The van der Waals surface area contributed by atoms with Crippen molar-refractivity contribution in [2.45, 2.75) is 43.1 Å². The smallest absolute Gasteiger partial charge is 0.247 e. The normalized spacial score (nSPS) is 15.4. The van der Waals surface area contributed by atoms with Crippen LogP contribution in [-0.4, -0.2) is 81.0 Å². The number of hydrogen-bond donors (Lipinski definition) is 1. The predicted molar refractivity (Wildman–Crippen MR) is 190 cm³/mol. The molecular weight excluding hydrogens is 661 g/mol. The number of rotatable bonds is 15. The molecule has 5 rings (SSSR count). The van der Waals surface area contributed by atoms with E-state index in [1.54, 1.807) is 24.4 Å². The summed E-state index contributed by atoms with van der Waals surface area (Å²) >= 11 is 12.9. The average Bonchev–Trinajstić information content (AvgIpc) is 3.11. The minimum Gasteiger partial charge on any atom is -0.368 e. The van der Waals surface area contributed by atoms with Gasteiger partial charge in [0, 0.05) is 48.8 Å². The molecule has 1 aliphatic rings. The Bertz CT molecular complexity index is 1670. The van der Waals surface area contributed by atoms with Crippen LogP contribution >= 0.6 is 23.2 Å². The van der Waals surface area contributed by atoms with E-state index in [-0.39, 0.29) is 50.8 Å². The van der Waals surface area contributed by atoms with E-state index in [4.69, 9.17) is 28.9 Å². The lowest BCUT2D eigenvalue weighted by atomic mass is 9.88. The Morgan fingerprint density at radius 2 is 1.53 bits per heavy atom. The molecule has 1 aliphatic heterocycles. The fraction of sp³-hybridized carbons (Fsp3) is 0.289. The molecule has 0 saturated carbocycles. The standard InChI is InChI=1S/C38H39Cl2N5O4/c39-30-16-14-27(15-17-30)23-34(40)45-26-37(48)44(22-19-32(28-9-3-1-4-10-28)29-11-5-2-6-12-29)33(38(45)49)24-36(47)43(25-35(41)46)21-18-31-13-7-8-20-42-31/h1-17,20,32-34H,18-19,21-26H2,(H2,41,46). The van der Waals surface area contributed by atoms with Crippen LogP contribution in [0.5, 0.6) is 0 Å². The number of halogens is 2. The molecule has 254 valence electrons. The molecule has 2 heterocycles. The zero-order valence-electron chi connectivity index (χ0n) is 27.0. The number of hydrogen-bond acceptors (Lipinski definition) is 5. The second-order valence-corrected chi connectivity index (χ2v) is 13.0. The first kappa shape index (κ1) is 35.6. The van der Waals surface area contributed by atoms with Gasteiger partial charge in [-0.15, -0.1) is 0 Å². The average molecular weight is 701 g/mol. The number of carbonyl (C=O) groups excluding carboxylic acids is 4. The molecule has 0 spiro atoms. The van der Waals surface area contributed by atoms with Gasteiger partial charge in [0.05, 0.1) is 13.0 Å². The van der Waals surface area contributed by atoms with Gasteiger partial charge in [-0.25, -0.2) is 0 Å². The van der Waals surface area contributed by atoms with Crippen LogP contribution in [0.2, 0.25) is 5.02 Å². The van der Waals surface area contributed by atoms with E-state index in [1.807, 2.05) is 84.9 Å². The van der Waals surface area contributed by atoms with Crippen LogP contribution < -0.4 is 5.73 Å². The molecule has 9 nitrogen and oxygen atoms in total. The van der Waals surface area contributed by atoms with Crippen molar-refractivity contribution in [1.82, 2.24) is 19.7 Å². The summed E-state index contributed by atoms with van der Waals surface area (Å²) in [5.41, 5.74) is 8.42. The van der Waals surface area contributed by atoms with Crippen LogP contribution in [-0.2, 0) is 32.0 Å². The third-order valence-corrected chi connectivity index (χ3v) is 9.36. The zero-order chi connectivity index (χ0) is 34.8. The van der Waals surface area contributed by atoms with E-state index in [2.05, 4.69) is 4.98 Å². The molecule has 0 aliphatic carbocycles. The number of nitrogens with zero attached hydrogens (tertiary/aromatic N) is 4. The molecule has 0 bridgehead atoms. The summed E-state index contributed by atoms with van der Waals surface area (Å²) in [6, 6.07) is 31.4. The number of primary amides is 1. The van der Waals surface area contributed by atoms with E-state index in [9.17, 15) is 19.2 Å². The van der Waals surface area contributed by atoms with Gasteiger partial charge in [-0.05, 0) is 47.4 Å². The lowest BCUT2D eigenvalue weighted by Crippen LogP contribution is -2.62. The first-order valence-corrected chi connectivity index (χ1v) is 17.1. The molecular formula is C38H39Cl2N5O4. The quantitative estimate of drug-likeness (QED) is 0.138. The van der Waals surface area contributed by atoms with Crippen LogP contribution in [0, 0.1) is 0 Å². The molecule has 1 saturated heterocycles. The van der Waals surface area contributed by atoms with Crippen LogP contribution in [0.1, 0.15) is 41.1 Å². The predicted octanol–water partition coefficient (Wildman–Crippen LogP) is 5.05. The summed E-state index contributed by atoms with van der Waals surface area (Å²) in [5, 5.41) is 0.571. The highest BCUT2D eigenvalue weighted by molar-refractivity contribution is 6.30. The Morgan fingerprint density at radius 1 is 0.898 bits per heavy atom. The Kier molecular flexibility index (Phi) is 12.4. The third kappa shape index (κ3) is 9.68. The Balaban J connectivity index is 1.40. The maximum Gasteiger partial charge on any atom is 0.247 e. The maximum absolute atomic E-state index is 14.3. The number of aromatic nitrogens is 1. The van der Waals surface area contributed by atoms with E-state index >= 15 is 0 Å². The monoisotopic (exact) mass is 699 g/mol. The van der Waals surface area contributed by atoms with Crippen molar-refractivity contribution in [3.8, 4) is 0 Å². The van der Waals surface area contributed by atoms with E-state index < -0.39 is 29.3 Å². The van der Waals surface area contributed by atoms with Crippen LogP contribution in [0.3, 0.4) is 0 Å². The Hall–Kier alpha value is -4.73. The molecule has 2 atom stereocenters. The van der Waals surface area contributed by atoms with Gasteiger partial charge in [0.25, 0.3) is 0 Å². The van der Waals surface area contributed by atoms with Gasteiger partial charge in [-0.1, -0.05) is 102 Å². The number of piperazine rings is 1. The van der Waals surface area contributed by atoms with Gasteiger partial charge in [0.15, 0.2) is 0 Å². The Morgan fingerprint density at radius 3 is 2.12 bits per heavy atom. The minimum absolute atomic E-state index is 0.0601. The number of alkyl halides is 1. The maximum atomic E-state index is 14.3. The summed E-state index contributed by atoms with van der Waals surface area (Å²) in [6.07, 6.45) is 2.49.